The average molecular weight is 299 g/mol. The fourth-order valence-corrected chi connectivity index (χ4v) is 3.19. The number of carbonyl (C=O) groups excluding carboxylic acids is 1. The lowest BCUT2D eigenvalue weighted by Gasteiger charge is -2.23. The summed E-state index contributed by atoms with van der Waals surface area (Å²) in [6.07, 6.45) is 0.407. The zero-order chi connectivity index (χ0) is 14.8. The molecule has 110 valence electrons. The van der Waals surface area contributed by atoms with Crippen molar-refractivity contribution in [2.24, 2.45) is 5.41 Å². The first-order valence-corrected chi connectivity index (χ1v) is 7.04. The van der Waals surface area contributed by atoms with Gasteiger partial charge in [-0.1, -0.05) is 0 Å². The predicted molar refractivity (Wildman–Crippen MR) is 73.3 cm³/mol. The van der Waals surface area contributed by atoms with Gasteiger partial charge in [0.05, 0.1) is 18.6 Å². The molecule has 1 aromatic heterocycles. The second-order valence-electron chi connectivity index (χ2n) is 4.85. The third-order valence-corrected chi connectivity index (χ3v) is 4.43. The zero-order valence-corrected chi connectivity index (χ0v) is 12.2. The fraction of sp³-hybridized carbons (Fsp3) is 0.538. The molecular weight excluding hydrogens is 282 g/mol. The number of nitrogens with zero attached hydrogens (tertiary/aromatic N) is 1. The minimum atomic E-state index is -0.994. The van der Waals surface area contributed by atoms with Gasteiger partial charge in [-0.2, -0.15) is 0 Å². The van der Waals surface area contributed by atoms with E-state index in [0.29, 0.717) is 23.6 Å². The normalized spacial score (nSPS) is 22.0. The lowest BCUT2D eigenvalue weighted by molar-refractivity contribution is -0.151. The number of likely N-dealkylation sites (tertiary alicyclic amines) is 1. The number of hydrogen-bond donors (Lipinski definition) is 1. The van der Waals surface area contributed by atoms with E-state index in [1.807, 2.05) is 0 Å². The molecule has 0 bridgehead atoms. The summed E-state index contributed by atoms with van der Waals surface area (Å²) < 4.78 is 10.1. The summed E-state index contributed by atoms with van der Waals surface area (Å²) in [5.41, 5.74) is -0.994. The van der Waals surface area contributed by atoms with E-state index >= 15 is 0 Å². The van der Waals surface area contributed by atoms with E-state index in [0.717, 1.165) is 0 Å². The van der Waals surface area contributed by atoms with Crippen LogP contribution in [0.1, 0.15) is 16.1 Å². The number of aliphatic carboxylic acids is 1. The quantitative estimate of drug-likeness (QED) is 0.887. The standard InChI is InChI=1S/C13H17NO5S/c1-18-8-13(12(16)17)3-4-14(7-13)11(15)10-5-9(19-2)6-20-10/h5-6H,3-4,7-8H2,1-2H3,(H,16,17). The molecule has 1 unspecified atom stereocenters. The molecule has 1 saturated heterocycles. The van der Waals surface area contributed by atoms with Crippen LogP contribution in [0.5, 0.6) is 5.75 Å². The van der Waals surface area contributed by atoms with Gasteiger partial charge in [0.1, 0.15) is 11.2 Å². The number of carbonyl (C=O) groups is 2. The summed E-state index contributed by atoms with van der Waals surface area (Å²) in [6.45, 7) is 0.712. The molecule has 0 aliphatic carbocycles. The van der Waals surface area contributed by atoms with Crippen molar-refractivity contribution in [3.05, 3.63) is 16.3 Å². The van der Waals surface area contributed by atoms with Crippen LogP contribution in [0.2, 0.25) is 0 Å². The first-order valence-electron chi connectivity index (χ1n) is 6.16. The van der Waals surface area contributed by atoms with Gasteiger partial charge in [0.25, 0.3) is 5.91 Å². The highest BCUT2D eigenvalue weighted by molar-refractivity contribution is 7.12. The van der Waals surface area contributed by atoms with Crippen LogP contribution in [-0.4, -0.2) is 55.8 Å². The Morgan fingerprint density at radius 1 is 1.50 bits per heavy atom. The highest BCUT2D eigenvalue weighted by Crippen LogP contribution is 2.33. The van der Waals surface area contributed by atoms with Gasteiger partial charge in [0.2, 0.25) is 0 Å². The Balaban J connectivity index is 2.11. The largest absolute Gasteiger partial charge is 0.496 e. The fourth-order valence-electron chi connectivity index (χ4n) is 2.37. The predicted octanol–water partition coefficient (Wildman–Crippen LogP) is 1.32. The molecule has 0 radical (unpaired) electrons. The topological polar surface area (TPSA) is 76.1 Å². The number of thiophene rings is 1. The van der Waals surface area contributed by atoms with E-state index in [1.54, 1.807) is 23.5 Å². The van der Waals surface area contributed by atoms with Crippen LogP contribution in [0.3, 0.4) is 0 Å². The maximum atomic E-state index is 12.3. The molecule has 2 rings (SSSR count). The molecule has 6 nitrogen and oxygen atoms in total. The van der Waals surface area contributed by atoms with E-state index in [9.17, 15) is 14.7 Å². The summed E-state index contributed by atoms with van der Waals surface area (Å²) in [5.74, 6) is -0.435. The van der Waals surface area contributed by atoms with Crippen molar-refractivity contribution in [2.45, 2.75) is 6.42 Å². The van der Waals surface area contributed by atoms with Crippen LogP contribution < -0.4 is 4.74 Å². The van der Waals surface area contributed by atoms with E-state index in [2.05, 4.69) is 0 Å². The van der Waals surface area contributed by atoms with E-state index < -0.39 is 11.4 Å². The van der Waals surface area contributed by atoms with Crippen LogP contribution in [0.4, 0.5) is 0 Å². The molecule has 1 amide bonds. The van der Waals surface area contributed by atoms with Crippen molar-refractivity contribution >= 4 is 23.2 Å². The minimum Gasteiger partial charge on any atom is -0.496 e. The lowest BCUT2D eigenvalue weighted by Crippen LogP contribution is -2.40. The van der Waals surface area contributed by atoms with Gasteiger partial charge in [-0.15, -0.1) is 11.3 Å². The number of carboxylic acid groups (broad SMARTS) is 1. The molecule has 1 atom stereocenters. The van der Waals surface area contributed by atoms with Gasteiger partial charge in [0, 0.05) is 31.6 Å². The number of hydrogen-bond acceptors (Lipinski definition) is 5. The third-order valence-electron chi connectivity index (χ3n) is 3.54. The molecule has 1 fully saturated rings. The van der Waals surface area contributed by atoms with Crippen LogP contribution >= 0.6 is 11.3 Å². The van der Waals surface area contributed by atoms with Crippen LogP contribution in [0.25, 0.3) is 0 Å². The minimum absolute atomic E-state index is 0.111. The highest BCUT2D eigenvalue weighted by Gasteiger charge is 2.46. The van der Waals surface area contributed by atoms with E-state index in [-0.39, 0.29) is 19.1 Å². The number of rotatable bonds is 5. The van der Waals surface area contributed by atoms with Crippen molar-refractivity contribution < 1.29 is 24.2 Å². The molecule has 0 spiro atoms. The van der Waals surface area contributed by atoms with Crippen LogP contribution in [0, 0.1) is 5.41 Å². The van der Waals surface area contributed by atoms with Crippen molar-refractivity contribution in [2.75, 3.05) is 33.9 Å². The Kier molecular flexibility index (Phi) is 4.29. The first-order chi connectivity index (χ1) is 9.52. The smallest absolute Gasteiger partial charge is 0.313 e. The molecule has 0 aromatic carbocycles. The van der Waals surface area contributed by atoms with Crippen molar-refractivity contribution in [3.8, 4) is 5.75 Å². The number of ether oxygens (including phenoxy) is 2. The molecule has 1 N–H and O–H groups in total. The van der Waals surface area contributed by atoms with E-state index in [1.165, 1.54) is 18.4 Å². The Hall–Kier alpha value is -1.60. The molecule has 2 heterocycles. The molecule has 20 heavy (non-hydrogen) atoms. The summed E-state index contributed by atoms with van der Waals surface area (Å²) in [6, 6.07) is 1.67. The van der Waals surface area contributed by atoms with Crippen LogP contribution in [0.15, 0.2) is 11.4 Å². The Morgan fingerprint density at radius 2 is 2.25 bits per heavy atom. The summed E-state index contributed by atoms with van der Waals surface area (Å²) in [4.78, 5) is 25.9. The average Bonchev–Trinajstić information content (AvgIpc) is 3.05. The number of carboxylic acids is 1. The Bertz CT molecular complexity index is 515. The monoisotopic (exact) mass is 299 g/mol. The van der Waals surface area contributed by atoms with Gasteiger partial charge in [-0.05, 0) is 6.42 Å². The molecular formula is C13H17NO5S. The molecule has 1 aromatic rings. The van der Waals surface area contributed by atoms with Crippen LogP contribution in [-0.2, 0) is 9.53 Å². The van der Waals surface area contributed by atoms with Gasteiger partial charge < -0.3 is 19.5 Å². The number of methoxy groups -OCH3 is 2. The molecule has 1 aliphatic heterocycles. The molecule has 1 aliphatic rings. The first kappa shape index (κ1) is 14.8. The van der Waals surface area contributed by atoms with Gasteiger partial charge >= 0.3 is 5.97 Å². The maximum Gasteiger partial charge on any atom is 0.313 e. The second-order valence-corrected chi connectivity index (χ2v) is 5.76. The van der Waals surface area contributed by atoms with Crippen molar-refractivity contribution in [1.29, 1.82) is 0 Å². The van der Waals surface area contributed by atoms with Crippen molar-refractivity contribution in [1.82, 2.24) is 4.90 Å². The van der Waals surface area contributed by atoms with Gasteiger partial charge in [0.15, 0.2) is 0 Å². The summed E-state index contributed by atoms with van der Waals surface area (Å²) in [5, 5.41) is 11.1. The second kappa shape index (κ2) is 5.80. The third kappa shape index (κ3) is 2.64. The Morgan fingerprint density at radius 3 is 2.80 bits per heavy atom. The van der Waals surface area contributed by atoms with E-state index in [4.69, 9.17) is 9.47 Å². The highest BCUT2D eigenvalue weighted by atomic mass is 32.1. The SMILES string of the molecule is COCC1(C(=O)O)CCN(C(=O)c2cc(OC)cs2)C1. The summed E-state index contributed by atoms with van der Waals surface area (Å²) >= 11 is 1.30. The Labute approximate surface area is 120 Å². The molecule has 0 saturated carbocycles. The maximum absolute atomic E-state index is 12.3. The summed E-state index contributed by atoms with van der Waals surface area (Å²) in [7, 11) is 3.01. The molecule has 7 heteroatoms. The number of amides is 1. The zero-order valence-electron chi connectivity index (χ0n) is 11.4. The lowest BCUT2D eigenvalue weighted by atomic mass is 9.88. The van der Waals surface area contributed by atoms with Gasteiger partial charge in [-0.25, -0.2) is 0 Å². The van der Waals surface area contributed by atoms with Crippen molar-refractivity contribution in [3.63, 3.8) is 0 Å². The van der Waals surface area contributed by atoms with Gasteiger partial charge in [-0.3, -0.25) is 9.59 Å².